The Labute approximate surface area is 103 Å². The first-order valence-corrected chi connectivity index (χ1v) is 6.06. The van der Waals surface area contributed by atoms with E-state index in [1.165, 1.54) is 25.0 Å². The van der Waals surface area contributed by atoms with Crippen LogP contribution in [0.4, 0.5) is 0 Å². The number of carboxylic acids is 1. The van der Waals surface area contributed by atoms with E-state index in [1.54, 1.807) is 11.7 Å². The van der Waals surface area contributed by atoms with Crippen LogP contribution in [0, 0.1) is 0 Å². The van der Waals surface area contributed by atoms with E-state index < -0.39 is 12.0 Å². The van der Waals surface area contributed by atoms with E-state index in [2.05, 4.69) is 15.4 Å². The van der Waals surface area contributed by atoms with Gasteiger partial charge < -0.3 is 10.4 Å². The third-order valence-electron chi connectivity index (χ3n) is 2.00. The molecule has 17 heavy (non-hydrogen) atoms. The molecule has 0 spiro atoms. The summed E-state index contributed by atoms with van der Waals surface area (Å²) >= 11 is 1.38. The lowest BCUT2D eigenvalue weighted by molar-refractivity contribution is -0.140. The maximum Gasteiger partial charge on any atom is 0.327 e. The van der Waals surface area contributed by atoms with Crippen molar-refractivity contribution in [1.29, 1.82) is 0 Å². The molecule has 8 heteroatoms. The highest BCUT2D eigenvalue weighted by molar-refractivity contribution is 7.98. The van der Waals surface area contributed by atoms with E-state index in [0.29, 0.717) is 11.5 Å². The summed E-state index contributed by atoms with van der Waals surface area (Å²) in [5.41, 5.74) is 0. The number of amides is 1. The molecule has 1 atom stereocenters. The van der Waals surface area contributed by atoms with Gasteiger partial charge >= 0.3 is 5.97 Å². The van der Waals surface area contributed by atoms with E-state index in [-0.39, 0.29) is 5.91 Å². The Hall–Kier alpha value is -1.57. The first-order chi connectivity index (χ1) is 8.00. The van der Waals surface area contributed by atoms with Crippen LogP contribution < -0.4 is 5.32 Å². The molecule has 1 heterocycles. The summed E-state index contributed by atoms with van der Waals surface area (Å²) < 4.78 is 1.63. The number of aryl methyl sites for hydroxylation is 1. The van der Waals surface area contributed by atoms with Gasteiger partial charge in [-0.2, -0.15) is 16.9 Å². The highest BCUT2D eigenvalue weighted by atomic mass is 32.2. The molecular weight excluding hydrogens is 244 g/mol. The van der Waals surface area contributed by atoms with Gasteiger partial charge in [-0.15, -0.1) is 0 Å². The number of aliphatic carboxylic acids is 1. The Morgan fingerprint density at radius 3 is 2.82 bits per heavy atom. The molecule has 94 valence electrons. The standard InChI is InChI=1S/C9H14N4O3S/c1-6(14)12-7(9(15)16)3-17-4-8-10-5-11-13(8)2/h5,7H,3-4H2,1-2H3,(H,12,14)(H,15,16). The zero-order chi connectivity index (χ0) is 12.8. The van der Waals surface area contributed by atoms with Gasteiger partial charge in [0, 0.05) is 19.7 Å². The second kappa shape index (κ2) is 6.24. The number of carbonyl (C=O) groups is 2. The Bertz CT molecular complexity index is 407. The molecule has 7 nitrogen and oxygen atoms in total. The summed E-state index contributed by atoms with van der Waals surface area (Å²) in [5, 5.41) is 15.1. The molecule has 2 N–H and O–H groups in total. The maximum absolute atomic E-state index is 10.8. The van der Waals surface area contributed by atoms with Crippen LogP contribution in [0.15, 0.2) is 6.33 Å². The number of carbonyl (C=O) groups excluding carboxylic acids is 1. The van der Waals surface area contributed by atoms with Crippen molar-refractivity contribution in [2.75, 3.05) is 5.75 Å². The Balaban J connectivity index is 2.40. The molecule has 1 aromatic heterocycles. The fraction of sp³-hybridized carbons (Fsp3) is 0.556. The molecule has 1 aromatic rings. The monoisotopic (exact) mass is 258 g/mol. The molecule has 0 bridgehead atoms. The van der Waals surface area contributed by atoms with Crippen LogP contribution in [0.5, 0.6) is 0 Å². The first kappa shape index (κ1) is 13.5. The van der Waals surface area contributed by atoms with Crippen LogP contribution in [0.1, 0.15) is 12.7 Å². The van der Waals surface area contributed by atoms with Crippen molar-refractivity contribution >= 4 is 23.6 Å². The fourth-order valence-electron chi connectivity index (χ4n) is 1.14. The SMILES string of the molecule is CC(=O)NC(CSCc1ncnn1C)C(=O)O. The molecule has 0 saturated carbocycles. The van der Waals surface area contributed by atoms with Crippen LogP contribution in [-0.2, 0) is 22.4 Å². The average molecular weight is 258 g/mol. The minimum Gasteiger partial charge on any atom is -0.480 e. The number of carboxylic acid groups (broad SMARTS) is 1. The Morgan fingerprint density at radius 2 is 2.35 bits per heavy atom. The summed E-state index contributed by atoms with van der Waals surface area (Å²) in [6.07, 6.45) is 1.44. The fourth-order valence-corrected chi connectivity index (χ4v) is 2.16. The lowest BCUT2D eigenvalue weighted by Gasteiger charge is -2.12. The van der Waals surface area contributed by atoms with Gasteiger partial charge in [-0.25, -0.2) is 9.78 Å². The first-order valence-electron chi connectivity index (χ1n) is 4.91. The van der Waals surface area contributed by atoms with Crippen LogP contribution in [-0.4, -0.2) is 43.5 Å². The molecule has 1 unspecified atom stereocenters. The average Bonchev–Trinajstić information content (AvgIpc) is 2.62. The number of nitrogens with one attached hydrogen (secondary N) is 1. The highest BCUT2D eigenvalue weighted by Gasteiger charge is 2.18. The van der Waals surface area contributed by atoms with Gasteiger partial charge in [0.05, 0.1) is 5.75 Å². The summed E-state index contributed by atoms with van der Waals surface area (Å²) in [4.78, 5) is 25.6. The lowest BCUT2D eigenvalue weighted by atomic mass is 10.3. The molecule has 1 rings (SSSR count). The molecule has 1 amide bonds. The van der Waals surface area contributed by atoms with Crippen LogP contribution in [0.25, 0.3) is 0 Å². The molecule has 0 aliphatic rings. The third kappa shape index (κ3) is 4.43. The molecule has 0 aromatic carbocycles. The molecule has 0 saturated heterocycles. The zero-order valence-corrected chi connectivity index (χ0v) is 10.4. The van der Waals surface area contributed by atoms with Crippen molar-refractivity contribution in [1.82, 2.24) is 20.1 Å². The summed E-state index contributed by atoms with van der Waals surface area (Å²) in [5.74, 6) is 0.228. The molecule has 0 aliphatic carbocycles. The molecule has 0 radical (unpaired) electrons. The van der Waals surface area contributed by atoms with Gasteiger partial charge in [0.1, 0.15) is 18.2 Å². The van der Waals surface area contributed by atoms with E-state index in [4.69, 9.17) is 5.11 Å². The van der Waals surface area contributed by atoms with Gasteiger partial charge in [-0.05, 0) is 0 Å². The van der Waals surface area contributed by atoms with Crippen molar-refractivity contribution < 1.29 is 14.7 Å². The van der Waals surface area contributed by atoms with E-state index in [9.17, 15) is 9.59 Å². The van der Waals surface area contributed by atoms with Crippen molar-refractivity contribution in [3.05, 3.63) is 12.2 Å². The zero-order valence-electron chi connectivity index (χ0n) is 9.58. The third-order valence-corrected chi connectivity index (χ3v) is 3.03. The van der Waals surface area contributed by atoms with Crippen molar-refractivity contribution in [2.45, 2.75) is 18.7 Å². The second-order valence-corrected chi connectivity index (χ2v) is 4.44. The quantitative estimate of drug-likeness (QED) is 0.723. The Morgan fingerprint density at radius 1 is 1.65 bits per heavy atom. The minimum atomic E-state index is -1.04. The molecule has 0 fully saturated rings. The summed E-state index contributed by atoms with van der Waals surface area (Å²) in [6, 6.07) is -0.870. The topological polar surface area (TPSA) is 97.1 Å². The molecular formula is C9H14N4O3S. The molecule has 0 aliphatic heterocycles. The number of thioether (sulfide) groups is 1. The predicted octanol–water partition coefficient (Wildman–Crippen LogP) is -0.362. The smallest absolute Gasteiger partial charge is 0.327 e. The van der Waals surface area contributed by atoms with Gasteiger partial charge in [0.25, 0.3) is 0 Å². The van der Waals surface area contributed by atoms with Gasteiger partial charge in [-0.1, -0.05) is 0 Å². The van der Waals surface area contributed by atoms with Gasteiger partial charge in [0.2, 0.25) is 5.91 Å². The number of rotatable bonds is 6. The normalized spacial score (nSPS) is 12.1. The second-order valence-electron chi connectivity index (χ2n) is 3.41. The van der Waals surface area contributed by atoms with Crippen molar-refractivity contribution in [2.24, 2.45) is 7.05 Å². The van der Waals surface area contributed by atoms with E-state index in [1.807, 2.05) is 0 Å². The highest BCUT2D eigenvalue weighted by Crippen LogP contribution is 2.10. The number of hydrogen-bond donors (Lipinski definition) is 2. The largest absolute Gasteiger partial charge is 0.480 e. The van der Waals surface area contributed by atoms with Crippen molar-refractivity contribution in [3.8, 4) is 0 Å². The summed E-state index contributed by atoms with van der Waals surface area (Å²) in [7, 11) is 1.77. The minimum absolute atomic E-state index is 0.293. The number of aromatic nitrogens is 3. The van der Waals surface area contributed by atoms with Crippen LogP contribution in [0.2, 0.25) is 0 Å². The van der Waals surface area contributed by atoms with E-state index >= 15 is 0 Å². The van der Waals surface area contributed by atoms with E-state index in [0.717, 1.165) is 5.82 Å². The Kier molecular flexibility index (Phi) is 4.95. The van der Waals surface area contributed by atoms with Crippen LogP contribution >= 0.6 is 11.8 Å². The maximum atomic E-state index is 10.8. The van der Waals surface area contributed by atoms with Gasteiger partial charge in [-0.3, -0.25) is 9.48 Å². The number of nitrogens with zero attached hydrogens (tertiary/aromatic N) is 3. The van der Waals surface area contributed by atoms with Gasteiger partial charge in [0.15, 0.2) is 0 Å². The lowest BCUT2D eigenvalue weighted by Crippen LogP contribution is -2.41. The number of hydrogen-bond acceptors (Lipinski definition) is 5. The summed E-state index contributed by atoms with van der Waals surface area (Å²) in [6.45, 7) is 1.29. The van der Waals surface area contributed by atoms with Crippen LogP contribution in [0.3, 0.4) is 0 Å². The van der Waals surface area contributed by atoms with Crippen molar-refractivity contribution in [3.63, 3.8) is 0 Å². The predicted molar refractivity (Wildman–Crippen MR) is 62.4 cm³/mol.